The molecule has 0 saturated heterocycles. The summed E-state index contributed by atoms with van der Waals surface area (Å²) >= 11 is 0. The second kappa shape index (κ2) is 5.81. The lowest BCUT2D eigenvalue weighted by Crippen LogP contribution is -2.08. The quantitative estimate of drug-likeness (QED) is 0.484. The molecule has 0 heterocycles. The number of nitrogens with zero attached hydrogens (tertiary/aromatic N) is 3. The van der Waals surface area contributed by atoms with Crippen molar-refractivity contribution in [3.05, 3.63) is 24.0 Å². The van der Waals surface area contributed by atoms with E-state index in [1.165, 1.54) is 12.3 Å². The first kappa shape index (κ1) is 12.2. The maximum Gasteiger partial charge on any atom is 0.199 e. The predicted octanol–water partition coefficient (Wildman–Crippen LogP) is 0.600. The molecule has 0 N–H and O–H groups in total. The summed E-state index contributed by atoms with van der Waals surface area (Å²) in [6.45, 7) is 0. The van der Waals surface area contributed by atoms with E-state index in [4.69, 9.17) is 5.26 Å². The van der Waals surface area contributed by atoms with E-state index in [-0.39, 0.29) is 11.4 Å². The first-order valence-corrected chi connectivity index (χ1v) is 4.14. The molecule has 0 rings (SSSR count). The minimum absolute atomic E-state index is 0.133. The van der Waals surface area contributed by atoms with Crippen LogP contribution in [0.25, 0.3) is 0 Å². The molecule has 0 unspecified atom stereocenters. The molecule has 14 heavy (non-hydrogen) atoms. The summed E-state index contributed by atoms with van der Waals surface area (Å²) in [4.78, 5) is 14.8. The van der Waals surface area contributed by atoms with E-state index >= 15 is 0 Å². The molecular formula is C10H15N3O. The van der Waals surface area contributed by atoms with Crippen LogP contribution in [0.4, 0.5) is 0 Å². The third-order valence-electron chi connectivity index (χ3n) is 1.30. The van der Waals surface area contributed by atoms with Gasteiger partial charge < -0.3 is 9.80 Å². The standard InChI is InChI=1S/C10H15N3O/c1-12(2)6-5-10(14)9(7-11)8-13(3)4/h5-6,8H,1-4H3. The van der Waals surface area contributed by atoms with Gasteiger partial charge in [0.1, 0.15) is 11.6 Å². The Kier molecular flexibility index (Phi) is 5.08. The van der Waals surface area contributed by atoms with Gasteiger partial charge in [-0.25, -0.2) is 0 Å². The Hall–Kier alpha value is -1.76. The van der Waals surface area contributed by atoms with Crippen molar-refractivity contribution in [2.45, 2.75) is 0 Å². The zero-order valence-corrected chi connectivity index (χ0v) is 8.98. The fourth-order valence-electron chi connectivity index (χ4n) is 0.712. The highest BCUT2D eigenvalue weighted by molar-refractivity contribution is 6.06. The largest absolute Gasteiger partial charge is 0.383 e. The molecule has 0 fully saturated rings. The molecule has 0 spiro atoms. The molecule has 4 nitrogen and oxygen atoms in total. The van der Waals surface area contributed by atoms with Crippen LogP contribution in [0.3, 0.4) is 0 Å². The molecule has 0 aliphatic rings. The highest BCUT2D eigenvalue weighted by Crippen LogP contribution is 1.97. The van der Waals surface area contributed by atoms with Crippen LogP contribution in [-0.4, -0.2) is 43.8 Å². The van der Waals surface area contributed by atoms with E-state index in [1.807, 2.05) is 20.2 Å². The number of nitriles is 1. The lowest BCUT2D eigenvalue weighted by molar-refractivity contribution is -0.111. The van der Waals surface area contributed by atoms with Crippen LogP contribution in [-0.2, 0) is 4.79 Å². The van der Waals surface area contributed by atoms with Gasteiger partial charge in [-0.15, -0.1) is 0 Å². The third-order valence-corrected chi connectivity index (χ3v) is 1.30. The van der Waals surface area contributed by atoms with E-state index < -0.39 is 0 Å². The van der Waals surface area contributed by atoms with Crippen molar-refractivity contribution in [2.75, 3.05) is 28.2 Å². The van der Waals surface area contributed by atoms with Crippen molar-refractivity contribution in [3.63, 3.8) is 0 Å². The smallest absolute Gasteiger partial charge is 0.199 e. The minimum atomic E-state index is -0.282. The second-order valence-corrected chi connectivity index (χ2v) is 3.26. The number of ketones is 1. The fraction of sp³-hybridized carbons (Fsp3) is 0.400. The Bertz CT molecular complexity index is 295. The number of rotatable bonds is 4. The Morgan fingerprint density at radius 1 is 1.21 bits per heavy atom. The minimum Gasteiger partial charge on any atom is -0.383 e. The first-order valence-electron chi connectivity index (χ1n) is 4.14. The molecule has 0 saturated carbocycles. The average molecular weight is 193 g/mol. The average Bonchev–Trinajstić information content (AvgIpc) is 2.09. The SMILES string of the molecule is CN(C)C=CC(=O)C(C#N)=CN(C)C. The number of hydrogen-bond donors (Lipinski definition) is 0. The molecule has 0 aromatic carbocycles. The molecule has 0 amide bonds. The van der Waals surface area contributed by atoms with Gasteiger partial charge in [0.2, 0.25) is 0 Å². The summed E-state index contributed by atoms with van der Waals surface area (Å²) in [6, 6.07) is 1.86. The maximum absolute atomic E-state index is 11.4. The molecule has 0 bridgehead atoms. The molecule has 0 aliphatic heterocycles. The Balaban J connectivity index is 4.59. The van der Waals surface area contributed by atoms with E-state index in [0.717, 1.165) is 0 Å². The van der Waals surface area contributed by atoms with Crippen LogP contribution in [0.2, 0.25) is 0 Å². The molecular weight excluding hydrogens is 178 g/mol. The third kappa shape index (κ3) is 4.99. The molecule has 0 atom stereocenters. The van der Waals surface area contributed by atoms with Crippen LogP contribution in [0.1, 0.15) is 0 Å². The van der Waals surface area contributed by atoms with Gasteiger partial charge in [0.05, 0.1) is 0 Å². The summed E-state index contributed by atoms with van der Waals surface area (Å²) in [5.74, 6) is -0.282. The van der Waals surface area contributed by atoms with Crippen molar-refractivity contribution >= 4 is 5.78 Å². The monoisotopic (exact) mass is 193 g/mol. The maximum atomic E-state index is 11.4. The van der Waals surface area contributed by atoms with Gasteiger partial charge in [0.15, 0.2) is 5.78 Å². The van der Waals surface area contributed by atoms with Crippen LogP contribution < -0.4 is 0 Å². The number of carbonyl (C=O) groups is 1. The van der Waals surface area contributed by atoms with Gasteiger partial charge >= 0.3 is 0 Å². The van der Waals surface area contributed by atoms with Gasteiger partial charge in [-0.2, -0.15) is 5.26 Å². The summed E-state index contributed by atoms with van der Waals surface area (Å²) in [5, 5.41) is 8.70. The second-order valence-electron chi connectivity index (χ2n) is 3.26. The van der Waals surface area contributed by atoms with E-state index in [2.05, 4.69) is 0 Å². The van der Waals surface area contributed by atoms with Crippen molar-refractivity contribution < 1.29 is 4.79 Å². The van der Waals surface area contributed by atoms with Crippen molar-refractivity contribution in [2.24, 2.45) is 0 Å². The Morgan fingerprint density at radius 3 is 2.14 bits per heavy atom. The van der Waals surface area contributed by atoms with Crippen molar-refractivity contribution in [1.82, 2.24) is 9.80 Å². The molecule has 0 aromatic heterocycles. The lowest BCUT2D eigenvalue weighted by atomic mass is 10.2. The predicted molar refractivity (Wildman–Crippen MR) is 55.2 cm³/mol. The zero-order chi connectivity index (χ0) is 11.1. The summed E-state index contributed by atoms with van der Waals surface area (Å²) in [6.07, 6.45) is 4.49. The molecule has 0 aromatic rings. The highest BCUT2D eigenvalue weighted by Gasteiger charge is 2.04. The van der Waals surface area contributed by atoms with Gasteiger partial charge in [-0.1, -0.05) is 0 Å². The zero-order valence-electron chi connectivity index (χ0n) is 8.98. The van der Waals surface area contributed by atoms with Crippen molar-refractivity contribution in [1.29, 1.82) is 5.26 Å². The van der Waals surface area contributed by atoms with Crippen molar-refractivity contribution in [3.8, 4) is 6.07 Å². The Labute approximate surface area is 84.7 Å². The van der Waals surface area contributed by atoms with Crippen LogP contribution in [0.15, 0.2) is 24.0 Å². The summed E-state index contributed by atoms with van der Waals surface area (Å²) < 4.78 is 0. The van der Waals surface area contributed by atoms with E-state index in [0.29, 0.717) is 0 Å². The first-order chi connectivity index (χ1) is 6.47. The highest BCUT2D eigenvalue weighted by atomic mass is 16.1. The molecule has 4 heteroatoms. The number of carbonyl (C=O) groups excluding carboxylic acids is 1. The Morgan fingerprint density at radius 2 is 1.79 bits per heavy atom. The summed E-state index contributed by atoms with van der Waals surface area (Å²) in [5.41, 5.74) is 0.133. The van der Waals surface area contributed by atoms with Gasteiger partial charge in [0.25, 0.3) is 0 Å². The number of allylic oxidation sites excluding steroid dienone is 2. The van der Waals surface area contributed by atoms with Gasteiger partial charge in [0, 0.05) is 46.7 Å². The lowest BCUT2D eigenvalue weighted by Gasteiger charge is -2.05. The molecule has 0 aliphatic carbocycles. The topological polar surface area (TPSA) is 47.3 Å². The normalized spacial score (nSPS) is 11.2. The van der Waals surface area contributed by atoms with Crippen LogP contribution in [0, 0.1) is 11.3 Å². The number of hydrogen-bond acceptors (Lipinski definition) is 4. The van der Waals surface area contributed by atoms with E-state index in [1.54, 1.807) is 30.1 Å². The van der Waals surface area contributed by atoms with Crippen LogP contribution >= 0.6 is 0 Å². The fourth-order valence-corrected chi connectivity index (χ4v) is 0.712. The molecule has 76 valence electrons. The van der Waals surface area contributed by atoms with Gasteiger partial charge in [-0.05, 0) is 0 Å². The molecule has 0 radical (unpaired) electrons. The van der Waals surface area contributed by atoms with Crippen LogP contribution in [0.5, 0.6) is 0 Å². The van der Waals surface area contributed by atoms with Gasteiger partial charge in [-0.3, -0.25) is 4.79 Å². The summed E-state index contributed by atoms with van der Waals surface area (Å²) in [7, 11) is 7.15. The van der Waals surface area contributed by atoms with E-state index in [9.17, 15) is 4.79 Å².